The van der Waals surface area contributed by atoms with Crippen LogP contribution in [-0.4, -0.2) is 48.3 Å². The lowest BCUT2D eigenvalue weighted by molar-refractivity contribution is -0.131. The molecule has 0 bridgehead atoms. The smallest absolute Gasteiger partial charge is 0.328 e. The summed E-state index contributed by atoms with van der Waals surface area (Å²) < 4.78 is 5.45. The molecule has 86 valence electrons. The van der Waals surface area contributed by atoms with Crippen molar-refractivity contribution >= 4 is 5.97 Å². The second-order valence-electron chi connectivity index (χ2n) is 4.23. The number of nitrogens with zero attached hydrogens (tertiary/aromatic N) is 1. The van der Waals surface area contributed by atoms with Crippen LogP contribution in [0.5, 0.6) is 0 Å². The van der Waals surface area contributed by atoms with E-state index in [1.165, 1.54) is 6.08 Å². The Morgan fingerprint density at radius 2 is 2.40 bits per heavy atom. The van der Waals surface area contributed by atoms with Crippen LogP contribution in [0.3, 0.4) is 0 Å². The van der Waals surface area contributed by atoms with E-state index < -0.39 is 5.97 Å². The molecule has 1 rings (SSSR count). The fraction of sp³-hybridized carbons (Fsp3) is 0.727. The van der Waals surface area contributed by atoms with Gasteiger partial charge in [-0.25, -0.2) is 4.79 Å². The minimum Gasteiger partial charge on any atom is -0.478 e. The number of piperidine rings is 1. The van der Waals surface area contributed by atoms with Gasteiger partial charge in [-0.05, 0) is 26.3 Å². The molecule has 1 fully saturated rings. The Labute approximate surface area is 90.5 Å². The summed E-state index contributed by atoms with van der Waals surface area (Å²) in [7, 11) is 1.73. The van der Waals surface area contributed by atoms with E-state index in [4.69, 9.17) is 9.84 Å². The zero-order chi connectivity index (χ0) is 11.3. The zero-order valence-electron chi connectivity index (χ0n) is 9.40. The van der Waals surface area contributed by atoms with E-state index in [0.717, 1.165) is 25.9 Å². The van der Waals surface area contributed by atoms with Crippen molar-refractivity contribution in [2.24, 2.45) is 0 Å². The highest BCUT2D eigenvalue weighted by Crippen LogP contribution is 2.23. The second-order valence-corrected chi connectivity index (χ2v) is 4.23. The summed E-state index contributed by atoms with van der Waals surface area (Å²) in [6, 6.07) is 0. The fourth-order valence-electron chi connectivity index (χ4n) is 1.93. The SMILES string of the molecule is COC1(C)CCCN(C/C=C/C(=O)O)C1. The van der Waals surface area contributed by atoms with E-state index in [1.807, 2.05) is 0 Å². The van der Waals surface area contributed by atoms with Crippen molar-refractivity contribution in [1.82, 2.24) is 4.90 Å². The second kappa shape index (κ2) is 5.28. The van der Waals surface area contributed by atoms with Crippen molar-refractivity contribution in [3.63, 3.8) is 0 Å². The van der Waals surface area contributed by atoms with Crippen molar-refractivity contribution in [3.05, 3.63) is 12.2 Å². The third-order valence-electron chi connectivity index (χ3n) is 2.85. The van der Waals surface area contributed by atoms with Gasteiger partial charge in [-0.2, -0.15) is 0 Å². The number of carbonyl (C=O) groups is 1. The number of rotatable bonds is 4. The van der Waals surface area contributed by atoms with Crippen LogP contribution in [0.15, 0.2) is 12.2 Å². The van der Waals surface area contributed by atoms with Crippen LogP contribution in [0.1, 0.15) is 19.8 Å². The summed E-state index contributed by atoms with van der Waals surface area (Å²) in [6.45, 7) is 4.67. The number of carboxylic acids is 1. The van der Waals surface area contributed by atoms with E-state index in [9.17, 15) is 4.79 Å². The molecule has 0 spiro atoms. The Balaban J connectivity index is 2.40. The molecule has 0 radical (unpaired) electrons. The Morgan fingerprint density at radius 3 is 3.00 bits per heavy atom. The third kappa shape index (κ3) is 4.01. The molecule has 1 heterocycles. The van der Waals surface area contributed by atoms with Gasteiger partial charge in [0.2, 0.25) is 0 Å². The normalized spacial score (nSPS) is 28.4. The van der Waals surface area contributed by atoms with Gasteiger partial charge in [-0.1, -0.05) is 6.08 Å². The number of methoxy groups -OCH3 is 1. The highest BCUT2D eigenvalue weighted by atomic mass is 16.5. The van der Waals surface area contributed by atoms with E-state index in [2.05, 4.69) is 11.8 Å². The van der Waals surface area contributed by atoms with Crippen molar-refractivity contribution in [1.29, 1.82) is 0 Å². The van der Waals surface area contributed by atoms with Gasteiger partial charge in [0.15, 0.2) is 0 Å². The first-order valence-electron chi connectivity index (χ1n) is 5.23. The molecule has 1 aliphatic heterocycles. The highest BCUT2D eigenvalue weighted by Gasteiger charge is 2.29. The topological polar surface area (TPSA) is 49.8 Å². The molecule has 0 aliphatic carbocycles. The molecular formula is C11H19NO3. The summed E-state index contributed by atoms with van der Waals surface area (Å²) in [5.74, 6) is -0.887. The zero-order valence-corrected chi connectivity index (χ0v) is 9.40. The average Bonchev–Trinajstić information content (AvgIpc) is 2.17. The van der Waals surface area contributed by atoms with Crippen molar-refractivity contribution < 1.29 is 14.6 Å². The number of aliphatic carboxylic acids is 1. The number of likely N-dealkylation sites (tertiary alicyclic amines) is 1. The van der Waals surface area contributed by atoms with Gasteiger partial charge in [-0.3, -0.25) is 4.90 Å². The largest absolute Gasteiger partial charge is 0.478 e. The summed E-state index contributed by atoms with van der Waals surface area (Å²) in [5, 5.41) is 8.46. The molecule has 1 aliphatic rings. The molecule has 1 atom stereocenters. The predicted molar refractivity (Wildman–Crippen MR) is 57.9 cm³/mol. The first-order valence-corrected chi connectivity index (χ1v) is 5.23. The van der Waals surface area contributed by atoms with E-state index in [-0.39, 0.29) is 5.60 Å². The molecule has 0 aromatic heterocycles. The van der Waals surface area contributed by atoms with E-state index in [0.29, 0.717) is 6.54 Å². The van der Waals surface area contributed by atoms with Gasteiger partial charge in [0.25, 0.3) is 0 Å². The first kappa shape index (κ1) is 12.2. The van der Waals surface area contributed by atoms with Gasteiger partial charge < -0.3 is 9.84 Å². The molecule has 1 N–H and O–H groups in total. The monoisotopic (exact) mass is 213 g/mol. The summed E-state index contributed by atoms with van der Waals surface area (Å²) in [4.78, 5) is 12.5. The molecule has 0 aromatic rings. The van der Waals surface area contributed by atoms with Crippen LogP contribution in [0.4, 0.5) is 0 Å². The van der Waals surface area contributed by atoms with Crippen LogP contribution >= 0.6 is 0 Å². The molecule has 0 saturated carbocycles. The lowest BCUT2D eigenvalue weighted by Crippen LogP contribution is -2.47. The lowest BCUT2D eigenvalue weighted by atomic mass is 9.95. The number of hydrogen-bond acceptors (Lipinski definition) is 3. The molecule has 0 amide bonds. The Bertz CT molecular complexity index is 252. The quantitative estimate of drug-likeness (QED) is 0.711. The number of carboxylic acid groups (broad SMARTS) is 1. The summed E-state index contributed by atoms with van der Waals surface area (Å²) in [5.41, 5.74) is -0.0741. The Kier molecular flexibility index (Phi) is 4.29. The van der Waals surface area contributed by atoms with Gasteiger partial charge in [0, 0.05) is 26.3 Å². The standard InChI is InChI=1S/C11H19NO3/c1-11(15-2)6-4-8-12(9-11)7-3-5-10(13)14/h3,5H,4,6-9H2,1-2H3,(H,13,14)/b5-3+. The van der Waals surface area contributed by atoms with Crippen LogP contribution in [0, 0.1) is 0 Å². The first-order chi connectivity index (χ1) is 7.06. The van der Waals surface area contributed by atoms with Crippen molar-refractivity contribution in [2.75, 3.05) is 26.7 Å². The minimum atomic E-state index is -0.887. The van der Waals surface area contributed by atoms with Gasteiger partial charge in [0.05, 0.1) is 5.60 Å². The lowest BCUT2D eigenvalue weighted by Gasteiger charge is -2.39. The van der Waals surface area contributed by atoms with Crippen LogP contribution in [0.2, 0.25) is 0 Å². The molecular weight excluding hydrogens is 194 g/mol. The number of hydrogen-bond donors (Lipinski definition) is 1. The van der Waals surface area contributed by atoms with Gasteiger partial charge in [-0.15, -0.1) is 0 Å². The number of ether oxygens (including phenoxy) is 1. The van der Waals surface area contributed by atoms with E-state index >= 15 is 0 Å². The molecule has 0 aromatic carbocycles. The highest BCUT2D eigenvalue weighted by molar-refractivity contribution is 5.79. The molecule has 4 heteroatoms. The summed E-state index contributed by atoms with van der Waals surface area (Å²) >= 11 is 0. The third-order valence-corrected chi connectivity index (χ3v) is 2.85. The maximum Gasteiger partial charge on any atom is 0.328 e. The molecule has 1 unspecified atom stereocenters. The van der Waals surface area contributed by atoms with Crippen LogP contribution in [0.25, 0.3) is 0 Å². The minimum absolute atomic E-state index is 0.0741. The van der Waals surface area contributed by atoms with Crippen molar-refractivity contribution in [3.8, 4) is 0 Å². The maximum atomic E-state index is 10.3. The van der Waals surface area contributed by atoms with Crippen molar-refractivity contribution in [2.45, 2.75) is 25.4 Å². The van der Waals surface area contributed by atoms with E-state index in [1.54, 1.807) is 13.2 Å². The fourth-order valence-corrected chi connectivity index (χ4v) is 1.93. The average molecular weight is 213 g/mol. The van der Waals surface area contributed by atoms with Crippen LogP contribution < -0.4 is 0 Å². The summed E-state index contributed by atoms with van der Waals surface area (Å²) in [6.07, 6.45) is 5.05. The van der Waals surface area contributed by atoms with Gasteiger partial charge >= 0.3 is 5.97 Å². The molecule has 15 heavy (non-hydrogen) atoms. The maximum absolute atomic E-state index is 10.3. The Hall–Kier alpha value is -0.870. The molecule has 1 saturated heterocycles. The Morgan fingerprint density at radius 1 is 1.67 bits per heavy atom. The predicted octanol–water partition coefficient (Wildman–Crippen LogP) is 1.13. The van der Waals surface area contributed by atoms with Gasteiger partial charge in [0.1, 0.15) is 0 Å². The van der Waals surface area contributed by atoms with Crippen LogP contribution in [-0.2, 0) is 9.53 Å². The molecule has 4 nitrogen and oxygen atoms in total.